The zero-order chi connectivity index (χ0) is 24.0. The highest BCUT2D eigenvalue weighted by Crippen LogP contribution is 2.25. The third-order valence-electron chi connectivity index (χ3n) is 5.85. The van der Waals surface area contributed by atoms with Crippen LogP contribution in [0.2, 0.25) is 0 Å². The Morgan fingerprint density at radius 3 is 2.74 bits per heavy atom. The van der Waals surface area contributed by atoms with Crippen LogP contribution in [-0.4, -0.2) is 35.8 Å². The molecule has 4 heterocycles. The molecule has 3 aromatic heterocycles. The lowest BCUT2D eigenvalue weighted by Gasteiger charge is -2.18. The summed E-state index contributed by atoms with van der Waals surface area (Å²) in [4.78, 5) is 30.7. The molecule has 1 aliphatic heterocycles. The highest BCUT2D eigenvalue weighted by atomic mass is 19.1. The van der Waals surface area contributed by atoms with Crippen LogP contribution in [0.5, 0.6) is 0 Å². The second kappa shape index (κ2) is 8.28. The molecule has 9 nitrogen and oxygen atoms in total. The maximum absolute atomic E-state index is 14.6. The first-order chi connectivity index (χ1) is 16.2. The second-order valence-corrected chi connectivity index (χ2v) is 9.23. The zero-order valence-corrected chi connectivity index (χ0v) is 19.6. The summed E-state index contributed by atoms with van der Waals surface area (Å²) in [6.45, 7) is 8.38. The average Bonchev–Trinajstić information content (AvgIpc) is 3.10. The van der Waals surface area contributed by atoms with Crippen molar-refractivity contribution in [2.45, 2.75) is 52.4 Å². The van der Waals surface area contributed by atoms with Crippen LogP contribution < -0.4 is 16.2 Å². The lowest BCUT2D eigenvalue weighted by molar-refractivity contribution is 0.206. The van der Waals surface area contributed by atoms with Gasteiger partial charge in [0.25, 0.3) is 5.56 Å². The van der Waals surface area contributed by atoms with Crippen molar-refractivity contribution in [3.05, 3.63) is 64.0 Å². The summed E-state index contributed by atoms with van der Waals surface area (Å²) in [5.74, 6) is 0.747. The number of alkyl halides is 1. The molecule has 1 aromatic carbocycles. The fraction of sp³-hybridized carbons (Fsp3) is 0.375. The van der Waals surface area contributed by atoms with E-state index in [2.05, 4.69) is 42.7 Å². The normalized spacial score (nSPS) is 13.9. The summed E-state index contributed by atoms with van der Waals surface area (Å²) < 4.78 is 17.7. The molecule has 0 spiro atoms. The summed E-state index contributed by atoms with van der Waals surface area (Å²) in [6.07, 6.45) is 4.01. The van der Waals surface area contributed by atoms with Gasteiger partial charge in [-0.3, -0.25) is 4.79 Å². The standard InChI is InChI=1S/C24H27FN8O/c1-14(2)32-21(34)18-13-28-23(29-17-6-5-15-7-9-26-12-16(15)11-17)31-20(18)33(32)19-8-10-27-22(30-19)24(3,4)25/h5-6,8,10-11,13-14,26H,7,9,12H2,1-4H3,(H,28,29,31). The van der Waals surface area contributed by atoms with E-state index in [9.17, 15) is 9.18 Å². The first kappa shape index (κ1) is 22.1. The number of anilines is 2. The van der Waals surface area contributed by atoms with Gasteiger partial charge in [-0.25, -0.2) is 28.7 Å². The smallest absolute Gasteiger partial charge is 0.278 e. The van der Waals surface area contributed by atoms with Gasteiger partial charge in [-0.2, -0.15) is 4.98 Å². The number of aromatic nitrogens is 6. The Kier molecular flexibility index (Phi) is 5.40. The van der Waals surface area contributed by atoms with E-state index >= 15 is 0 Å². The molecule has 0 atom stereocenters. The van der Waals surface area contributed by atoms with Gasteiger partial charge in [0.1, 0.15) is 5.39 Å². The molecule has 0 bridgehead atoms. The van der Waals surface area contributed by atoms with Crippen molar-refractivity contribution in [3.8, 4) is 5.82 Å². The van der Waals surface area contributed by atoms with Gasteiger partial charge < -0.3 is 10.6 Å². The molecule has 0 unspecified atom stereocenters. The molecule has 0 fully saturated rings. The van der Waals surface area contributed by atoms with E-state index < -0.39 is 5.67 Å². The molecule has 1 aliphatic rings. The van der Waals surface area contributed by atoms with Crippen molar-refractivity contribution in [1.29, 1.82) is 0 Å². The Labute approximate surface area is 196 Å². The molecular weight excluding hydrogens is 435 g/mol. The quantitative estimate of drug-likeness (QED) is 0.468. The minimum absolute atomic E-state index is 0.0321. The van der Waals surface area contributed by atoms with E-state index in [1.165, 1.54) is 37.4 Å². The van der Waals surface area contributed by atoms with Crippen molar-refractivity contribution < 1.29 is 4.39 Å². The van der Waals surface area contributed by atoms with Gasteiger partial charge in [0, 0.05) is 36.7 Å². The second-order valence-electron chi connectivity index (χ2n) is 9.23. The number of fused-ring (bicyclic) bond motifs is 2. The molecule has 5 rings (SSSR count). The Hall–Kier alpha value is -3.66. The number of benzene rings is 1. The van der Waals surface area contributed by atoms with Crippen LogP contribution in [0.15, 0.2) is 41.5 Å². The Bertz CT molecular complexity index is 1430. The van der Waals surface area contributed by atoms with E-state index in [0.29, 0.717) is 22.8 Å². The maximum Gasteiger partial charge on any atom is 0.278 e. The fourth-order valence-corrected chi connectivity index (χ4v) is 4.19. The van der Waals surface area contributed by atoms with Gasteiger partial charge in [0.05, 0.1) is 0 Å². The maximum atomic E-state index is 14.6. The predicted molar refractivity (Wildman–Crippen MR) is 128 cm³/mol. The summed E-state index contributed by atoms with van der Waals surface area (Å²) in [6, 6.07) is 7.65. The molecule has 4 aromatic rings. The first-order valence-corrected chi connectivity index (χ1v) is 11.3. The molecule has 0 aliphatic carbocycles. The van der Waals surface area contributed by atoms with Gasteiger partial charge in [-0.15, -0.1) is 0 Å². The van der Waals surface area contributed by atoms with Gasteiger partial charge in [-0.05, 0) is 63.9 Å². The fourth-order valence-electron chi connectivity index (χ4n) is 4.19. The van der Waals surface area contributed by atoms with Gasteiger partial charge in [0.2, 0.25) is 5.95 Å². The highest BCUT2D eigenvalue weighted by Gasteiger charge is 2.25. The van der Waals surface area contributed by atoms with E-state index in [-0.39, 0.29) is 17.4 Å². The topological polar surface area (TPSA) is 103 Å². The zero-order valence-electron chi connectivity index (χ0n) is 19.6. The average molecular weight is 463 g/mol. The van der Waals surface area contributed by atoms with Crippen LogP contribution in [-0.2, 0) is 18.6 Å². The number of nitrogens with zero attached hydrogens (tertiary/aromatic N) is 6. The van der Waals surface area contributed by atoms with E-state index in [1.807, 2.05) is 19.9 Å². The van der Waals surface area contributed by atoms with Crippen molar-refractivity contribution in [1.82, 2.24) is 34.6 Å². The van der Waals surface area contributed by atoms with Gasteiger partial charge in [0.15, 0.2) is 23.0 Å². The van der Waals surface area contributed by atoms with E-state index in [4.69, 9.17) is 0 Å². The lowest BCUT2D eigenvalue weighted by atomic mass is 10.0. The molecule has 2 N–H and O–H groups in total. The third kappa shape index (κ3) is 3.94. The van der Waals surface area contributed by atoms with Crippen LogP contribution in [0, 0.1) is 0 Å². The third-order valence-corrected chi connectivity index (χ3v) is 5.85. The molecular formula is C24H27FN8O. The lowest BCUT2D eigenvalue weighted by Crippen LogP contribution is -2.25. The Morgan fingerprint density at radius 1 is 1.15 bits per heavy atom. The van der Waals surface area contributed by atoms with Crippen molar-refractivity contribution in [2.24, 2.45) is 0 Å². The summed E-state index contributed by atoms with van der Waals surface area (Å²) >= 11 is 0. The van der Waals surface area contributed by atoms with E-state index in [1.54, 1.807) is 15.4 Å². The molecule has 34 heavy (non-hydrogen) atoms. The minimum atomic E-state index is -1.73. The first-order valence-electron chi connectivity index (χ1n) is 11.3. The van der Waals surface area contributed by atoms with Gasteiger partial charge in [-0.1, -0.05) is 6.07 Å². The number of hydrogen-bond donors (Lipinski definition) is 2. The summed E-state index contributed by atoms with van der Waals surface area (Å²) in [5, 5.41) is 6.98. The van der Waals surface area contributed by atoms with E-state index in [0.717, 1.165) is 25.2 Å². The van der Waals surface area contributed by atoms with Crippen LogP contribution in [0.1, 0.15) is 50.7 Å². The highest BCUT2D eigenvalue weighted by molar-refractivity contribution is 5.77. The molecule has 0 amide bonds. The molecule has 0 saturated carbocycles. The van der Waals surface area contributed by atoms with Crippen molar-refractivity contribution in [3.63, 3.8) is 0 Å². The number of hydrogen-bond acceptors (Lipinski definition) is 7. The molecule has 0 saturated heterocycles. The summed E-state index contributed by atoms with van der Waals surface area (Å²) in [7, 11) is 0. The minimum Gasteiger partial charge on any atom is -0.324 e. The SMILES string of the molecule is CC(C)n1c(=O)c2cnc(Nc3ccc4c(c3)CNCC4)nc2n1-c1ccnc(C(C)(C)F)n1. The number of nitrogens with one attached hydrogen (secondary N) is 2. The summed E-state index contributed by atoms with van der Waals surface area (Å²) in [5.41, 5.74) is 1.85. The van der Waals surface area contributed by atoms with Crippen molar-refractivity contribution >= 4 is 22.7 Å². The van der Waals surface area contributed by atoms with Crippen LogP contribution in [0.3, 0.4) is 0 Å². The Balaban J connectivity index is 1.63. The largest absolute Gasteiger partial charge is 0.324 e. The molecule has 0 radical (unpaired) electrons. The van der Waals surface area contributed by atoms with Gasteiger partial charge >= 0.3 is 0 Å². The van der Waals surface area contributed by atoms with Crippen LogP contribution >= 0.6 is 0 Å². The number of halogens is 1. The monoisotopic (exact) mass is 462 g/mol. The van der Waals surface area contributed by atoms with Crippen LogP contribution in [0.4, 0.5) is 16.0 Å². The predicted octanol–water partition coefficient (Wildman–Crippen LogP) is 3.55. The molecule has 10 heteroatoms. The van der Waals surface area contributed by atoms with Crippen LogP contribution in [0.25, 0.3) is 16.9 Å². The number of rotatable bonds is 5. The Morgan fingerprint density at radius 2 is 1.97 bits per heavy atom. The molecule has 176 valence electrons. The van der Waals surface area contributed by atoms with Crippen molar-refractivity contribution in [2.75, 3.05) is 11.9 Å².